The highest BCUT2D eigenvalue weighted by Gasteiger charge is 2.22. The van der Waals surface area contributed by atoms with Crippen molar-refractivity contribution in [2.24, 2.45) is 5.92 Å². The Morgan fingerprint density at radius 2 is 2.50 bits per heavy atom. The minimum absolute atomic E-state index is 0.0398. The van der Waals surface area contributed by atoms with Gasteiger partial charge in [-0.3, -0.25) is 9.78 Å². The van der Waals surface area contributed by atoms with Crippen LogP contribution in [0.3, 0.4) is 0 Å². The van der Waals surface area contributed by atoms with Gasteiger partial charge in [0.1, 0.15) is 5.78 Å². The first kappa shape index (κ1) is 11.6. The van der Waals surface area contributed by atoms with Crippen LogP contribution in [0, 0.1) is 5.92 Å². The average Bonchev–Trinajstić information content (AvgIpc) is 2.33. The molecule has 86 valence electrons. The SMILES string of the molecule is O=C(Cc1ccncc1Cl)C1CCCOC1. The summed E-state index contributed by atoms with van der Waals surface area (Å²) < 4.78 is 5.30. The second-order valence-corrected chi connectivity index (χ2v) is 4.43. The van der Waals surface area contributed by atoms with E-state index in [4.69, 9.17) is 16.3 Å². The molecule has 2 heterocycles. The molecule has 0 spiro atoms. The summed E-state index contributed by atoms with van der Waals surface area (Å²) in [6.07, 6.45) is 5.52. The minimum Gasteiger partial charge on any atom is -0.381 e. The molecule has 0 N–H and O–H groups in total. The van der Waals surface area contributed by atoms with Crippen molar-refractivity contribution in [1.82, 2.24) is 4.98 Å². The van der Waals surface area contributed by atoms with E-state index in [1.54, 1.807) is 18.5 Å². The summed E-state index contributed by atoms with van der Waals surface area (Å²) in [7, 11) is 0. The van der Waals surface area contributed by atoms with Gasteiger partial charge in [0.25, 0.3) is 0 Å². The standard InChI is InChI=1S/C12H14ClNO2/c13-11-7-14-4-3-9(11)6-12(15)10-2-1-5-16-8-10/h3-4,7,10H,1-2,5-6,8H2. The normalized spacial score (nSPS) is 20.7. The number of hydrogen-bond acceptors (Lipinski definition) is 3. The van der Waals surface area contributed by atoms with Crippen molar-refractivity contribution >= 4 is 17.4 Å². The van der Waals surface area contributed by atoms with E-state index < -0.39 is 0 Å². The highest BCUT2D eigenvalue weighted by atomic mass is 35.5. The van der Waals surface area contributed by atoms with Crippen LogP contribution < -0.4 is 0 Å². The third-order valence-electron chi connectivity index (χ3n) is 2.84. The van der Waals surface area contributed by atoms with Crippen LogP contribution in [0.1, 0.15) is 18.4 Å². The van der Waals surface area contributed by atoms with Crippen molar-refractivity contribution < 1.29 is 9.53 Å². The zero-order valence-electron chi connectivity index (χ0n) is 8.99. The Morgan fingerprint density at radius 1 is 1.62 bits per heavy atom. The predicted octanol–water partition coefficient (Wildman–Crippen LogP) is 2.27. The van der Waals surface area contributed by atoms with E-state index in [1.165, 1.54) is 0 Å². The second kappa shape index (κ2) is 5.41. The molecule has 1 unspecified atom stereocenters. The quantitative estimate of drug-likeness (QED) is 0.812. The van der Waals surface area contributed by atoms with E-state index >= 15 is 0 Å². The molecular formula is C12H14ClNO2. The van der Waals surface area contributed by atoms with Gasteiger partial charge in [0, 0.05) is 31.3 Å². The lowest BCUT2D eigenvalue weighted by atomic mass is 9.93. The smallest absolute Gasteiger partial charge is 0.142 e. The number of aromatic nitrogens is 1. The zero-order valence-corrected chi connectivity index (χ0v) is 9.74. The molecule has 0 saturated carbocycles. The third-order valence-corrected chi connectivity index (χ3v) is 3.18. The molecule has 0 aliphatic carbocycles. The Balaban J connectivity index is 1.99. The fraction of sp³-hybridized carbons (Fsp3) is 0.500. The van der Waals surface area contributed by atoms with Crippen molar-refractivity contribution in [2.45, 2.75) is 19.3 Å². The van der Waals surface area contributed by atoms with Crippen LogP contribution in [-0.4, -0.2) is 24.0 Å². The molecule has 1 atom stereocenters. The van der Waals surface area contributed by atoms with Gasteiger partial charge < -0.3 is 4.74 Å². The number of ether oxygens (including phenoxy) is 1. The summed E-state index contributed by atoms with van der Waals surface area (Å²) in [5.41, 5.74) is 0.854. The number of nitrogens with zero attached hydrogens (tertiary/aromatic N) is 1. The molecule has 4 heteroatoms. The van der Waals surface area contributed by atoms with E-state index in [0.29, 0.717) is 18.1 Å². The summed E-state index contributed by atoms with van der Waals surface area (Å²) in [5.74, 6) is 0.255. The lowest BCUT2D eigenvalue weighted by Gasteiger charge is -2.20. The lowest BCUT2D eigenvalue weighted by molar-refractivity contribution is -0.126. The number of Topliss-reactive ketones (excluding diaryl/α,β-unsaturated/α-hetero) is 1. The zero-order chi connectivity index (χ0) is 11.4. The van der Waals surface area contributed by atoms with Crippen LogP contribution in [0.25, 0.3) is 0 Å². The largest absolute Gasteiger partial charge is 0.381 e. The van der Waals surface area contributed by atoms with Crippen LogP contribution in [0.2, 0.25) is 5.02 Å². The van der Waals surface area contributed by atoms with Crippen molar-refractivity contribution in [3.05, 3.63) is 29.0 Å². The second-order valence-electron chi connectivity index (χ2n) is 4.02. The topological polar surface area (TPSA) is 39.2 Å². The highest BCUT2D eigenvalue weighted by Crippen LogP contribution is 2.20. The number of ketones is 1. The molecule has 3 nitrogen and oxygen atoms in total. The average molecular weight is 240 g/mol. The maximum Gasteiger partial charge on any atom is 0.142 e. The van der Waals surface area contributed by atoms with Crippen LogP contribution in [0.15, 0.2) is 18.5 Å². The fourth-order valence-electron chi connectivity index (χ4n) is 1.87. The van der Waals surface area contributed by atoms with Gasteiger partial charge in [0.05, 0.1) is 11.6 Å². The maximum absolute atomic E-state index is 12.0. The molecule has 1 aliphatic rings. The first-order valence-corrected chi connectivity index (χ1v) is 5.84. The number of halogens is 1. The molecule has 1 aliphatic heterocycles. The van der Waals surface area contributed by atoms with Gasteiger partial charge in [-0.15, -0.1) is 0 Å². The number of carbonyl (C=O) groups excluding carboxylic acids is 1. The number of rotatable bonds is 3. The van der Waals surface area contributed by atoms with Crippen molar-refractivity contribution in [2.75, 3.05) is 13.2 Å². The Bertz CT molecular complexity index is 375. The van der Waals surface area contributed by atoms with E-state index in [9.17, 15) is 4.79 Å². The van der Waals surface area contributed by atoms with Crippen LogP contribution in [-0.2, 0) is 16.0 Å². The molecule has 1 aromatic rings. The predicted molar refractivity (Wildman–Crippen MR) is 61.5 cm³/mol. The van der Waals surface area contributed by atoms with E-state index in [2.05, 4.69) is 4.98 Å². The summed E-state index contributed by atoms with van der Waals surface area (Å²) in [6, 6.07) is 1.80. The molecule has 0 amide bonds. The van der Waals surface area contributed by atoms with Crippen molar-refractivity contribution in [3.63, 3.8) is 0 Å². The van der Waals surface area contributed by atoms with E-state index in [1.807, 2.05) is 0 Å². The Hall–Kier alpha value is -0.930. The molecular weight excluding hydrogens is 226 g/mol. The summed E-state index contributed by atoms with van der Waals surface area (Å²) >= 11 is 5.96. The number of hydrogen-bond donors (Lipinski definition) is 0. The third kappa shape index (κ3) is 2.80. The van der Waals surface area contributed by atoms with Crippen LogP contribution in [0.5, 0.6) is 0 Å². The van der Waals surface area contributed by atoms with Gasteiger partial charge in [-0.25, -0.2) is 0 Å². The maximum atomic E-state index is 12.0. The first-order chi connectivity index (χ1) is 7.77. The number of pyridine rings is 1. The molecule has 1 saturated heterocycles. The molecule has 1 fully saturated rings. The Kier molecular flexibility index (Phi) is 3.91. The summed E-state index contributed by atoms with van der Waals surface area (Å²) in [5, 5.41) is 0.563. The lowest BCUT2D eigenvalue weighted by Crippen LogP contribution is -2.26. The van der Waals surface area contributed by atoms with Crippen molar-refractivity contribution in [1.29, 1.82) is 0 Å². The van der Waals surface area contributed by atoms with E-state index in [-0.39, 0.29) is 11.7 Å². The molecule has 0 aromatic carbocycles. The van der Waals surface area contributed by atoms with Gasteiger partial charge >= 0.3 is 0 Å². The molecule has 0 radical (unpaired) electrons. The first-order valence-electron chi connectivity index (χ1n) is 5.46. The highest BCUT2D eigenvalue weighted by molar-refractivity contribution is 6.31. The van der Waals surface area contributed by atoms with Gasteiger partial charge in [0.2, 0.25) is 0 Å². The van der Waals surface area contributed by atoms with Gasteiger partial charge in [-0.2, -0.15) is 0 Å². The summed E-state index contributed by atoms with van der Waals surface area (Å²) in [4.78, 5) is 15.9. The summed E-state index contributed by atoms with van der Waals surface area (Å²) in [6.45, 7) is 1.33. The molecule has 2 rings (SSSR count). The monoisotopic (exact) mass is 239 g/mol. The van der Waals surface area contributed by atoms with Crippen molar-refractivity contribution in [3.8, 4) is 0 Å². The number of carbonyl (C=O) groups is 1. The fourth-order valence-corrected chi connectivity index (χ4v) is 2.06. The Morgan fingerprint density at radius 3 is 3.19 bits per heavy atom. The van der Waals surface area contributed by atoms with E-state index in [0.717, 1.165) is 25.0 Å². The van der Waals surface area contributed by atoms with Gasteiger partial charge in [-0.1, -0.05) is 11.6 Å². The molecule has 0 bridgehead atoms. The molecule has 1 aromatic heterocycles. The minimum atomic E-state index is 0.0398. The van der Waals surface area contributed by atoms with Crippen LogP contribution in [0.4, 0.5) is 0 Å². The van der Waals surface area contributed by atoms with Gasteiger partial charge in [0.15, 0.2) is 0 Å². The Labute approximate surface area is 99.8 Å². The van der Waals surface area contributed by atoms with Gasteiger partial charge in [-0.05, 0) is 24.5 Å². The van der Waals surface area contributed by atoms with Crippen LogP contribution >= 0.6 is 11.6 Å². The molecule has 16 heavy (non-hydrogen) atoms.